The summed E-state index contributed by atoms with van der Waals surface area (Å²) in [6.45, 7) is 0.846. The minimum atomic E-state index is -0.602. The number of halogens is 1. The summed E-state index contributed by atoms with van der Waals surface area (Å²) in [5.41, 5.74) is 2.30. The first-order chi connectivity index (χ1) is 16.0. The maximum absolute atomic E-state index is 12.8. The third kappa shape index (κ3) is 7.32. The summed E-state index contributed by atoms with van der Waals surface area (Å²) in [6.07, 6.45) is 3.02. The molecule has 2 aromatic carbocycles. The molecule has 1 aliphatic heterocycles. The van der Waals surface area contributed by atoms with Gasteiger partial charge < -0.3 is 24.6 Å². The molecular weight excluding hydrogens is 446 g/mol. The summed E-state index contributed by atoms with van der Waals surface area (Å²) >= 11 is 5.91. The van der Waals surface area contributed by atoms with E-state index in [-0.39, 0.29) is 24.2 Å². The summed E-state index contributed by atoms with van der Waals surface area (Å²) in [5, 5.41) is 12.5. The first-order valence-corrected chi connectivity index (χ1v) is 11.2. The molecule has 0 saturated heterocycles. The molecule has 176 valence electrons. The van der Waals surface area contributed by atoms with Crippen molar-refractivity contribution in [3.8, 4) is 0 Å². The highest BCUT2D eigenvalue weighted by Gasteiger charge is 2.28. The number of carbonyl (C=O) groups is 2. The molecule has 33 heavy (non-hydrogen) atoms. The van der Waals surface area contributed by atoms with Crippen LogP contribution >= 0.6 is 11.6 Å². The predicted octanol–water partition coefficient (Wildman–Crippen LogP) is 3.95. The minimum absolute atomic E-state index is 0.0995. The number of benzene rings is 2. The van der Waals surface area contributed by atoms with E-state index in [1.54, 1.807) is 30.3 Å². The Labute approximate surface area is 198 Å². The van der Waals surface area contributed by atoms with Gasteiger partial charge in [0.2, 0.25) is 6.29 Å². The molecule has 0 aliphatic carbocycles. The molecule has 1 heterocycles. The van der Waals surface area contributed by atoms with Gasteiger partial charge in [-0.3, -0.25) is 4.79 Å². The van der Waals surface area contributed by atoms with E-state index in [4.69, 9.17) is 30.9 Å². The number of ether oxygens (including phenoxy) is 3. The molecule has 0 aromatic heterocycles. The van der Waals surface area contributed by atoms with Crippen molar-refractivity contribution in [2.75, 3.05) is 20.3 Å². The van der Waals surface area contributed by atoms with Crippen LogP contribution < -0.4 is 5.32 Å². The Morgan fingerprint density at radius 2 is 1.85 bits per heavy atom. The average Bonchev–Trinajstić information content (AvgIpc) is 2.85. The van der Waals surface area contributed by atoms with E-state index in [0.717, 1.165) is 11.1 Å². The zero-order valence-corrected chi connectivity index (χ0v) is 19.2. The molecule has 0 bridgehead atoms. The SMILES string of the molecule is COC(=O)c1ccc([C@@H]2C=C(C(=O)NCc3ccc(Cl)cc3)O[C@H](OCCCCO)C2)cc1. The van der Waals surface area contributed by atoms with E-state index in [1.807, 2.05) is 24.3 Å². The fourth-order valence-corrected chi connectivity index (χ4v) is 3.56. The van der Waals surface area contributed by atoms with Crippen molar-refractivity contribution in [2.45, 2.75) is 38.0 Å². The van der Waals surface area contributed by atoms with E-state index in [1.165, 1.54) is 7.11 Å². The van der Waals surface area contributed by atoms with Gasteiger partial charge in [0.15, 0.2) is 5.76 Å². The van der Waals surface area contributed by atoms with Crippen LogP contribution in [0.1, 0.15) is 46.7 Å². The van der Waals surface area contributed by atoms with Gasteiger partial charge in [-0.1, -0.05) is 35.9 Å². The minimum Gasteiger partial charge on any atom is -0.465 e. The number of unbranched alkanes of at least 4 members (excludes halogenated alkanes) is 1. The van der Waals surface area contributed by atoms with E-state index in [9.17, 15) is 9.59 Å². The standard InChI is InChI=1S/C25H28ClNO6/c1-31-25(30)19-8-6-18(7-9-19)20-14-22(33-23(15-20)32-13-3-2-12-28)24(29)27-16-17-4-10-21(26)11-5-17/h4-11,14,20,23,28H,2-3,12-13,15-16H2,1H3,(H,27,29)/t20-,23+/m1/s1. The fraction of sp³-hybridized carbons (Fsp3) is 0.360. The molecular formula is C25H28ClNO6. The van der Waals surface area contributed by atoms with Gasteiger partial charge in [-0.05, 0) is 54.3 Å². The highest BCUT2D eigenvalue weighted by Crippen LogP contribution is 2.32. The van der Waals surface area contributed by atoms with E-state index in [2.05, 4.69) is 5.32 Å². The molecule has 0 fully saturated rings. The number of aliphatic hydroxyl groups is 1. The third-order valence-electron chi connectivity index (χ3n) is 5.26. The van der Waals surface area contributed by atoms with Crippen LogP contribution in [0.25, 0.3) is 0 Å². The maximum Gasteiger partial charge on any atom is 0.337 e. The van der Waals surface area contributed by atoms with Crippen LogP contribution in [0.3, 0.4) is 0 Å². The molecule has 0 unspecified atom stereocenters. The molecule has 0 radical (unpaired) electrons. The van der Waals surface area contributed by atoms with Crippen LogP contribution in [-0.2, 0) is 25.5 Å². The summed E-state index contributed by atoms with van der Waals surface area (Å²) in [7, 11) is 1.34. The number of aliphatic hydroxyl groups excluding tert-OH is 1. The van der Waals surface area contributed by atoms with Gasteiger partial charge in [0.25, 0.3) is 5.91 Å². The first kappa shape index (κ1) is 24.8. The lowest BCUT2D eigenvalue weighted by Crippen LogP contribution is -2.32. The van der Waals surface area contributed by atoms with Crippen LogP contribution in [-0.4, -0.2) is 43.6 Å². The number of hydrogen-bond donors (Lipinski definition) is 2. The topological polar surface area (TPSA) is 94.1 Å². The third-order valence-corrected chi connectivity index (χ3v) is 5.52. The van der Waals surface area contributed by atoms with Crippen molar-refractivity contribution in [3.63, 3.8) is 0 Å². The molecule has 1 amide bonds. The highest BCUT2D eigenvalue weighted by atomic mass is 35.5. The number of allylic oxidation sites excluding steroid dienone is 1. The molecule has 0 saturated carbocycles. The summed E-state index contributed by atoms with van der Waals surface area (Å²) in [4.78, 5) is 24.6. The van der Waals surface area contributed by atoms with Gasteiger partial charge in [0.05, 0.1) is 19.3 Å². The molecule has 7 nitrogen and oxygen atoms in total. The van der Waals surface area contributed by atoms with Crippen LogP contribution in [0.15, 0.2) is 60.4 Å². The summed E-state index contributed by atoms with van der Waals surface area (Å²) < 4.78 is 16.4. The van der Waals surface area contributed by atoms with E-state index >= 15 is 0 Å². The van der Waals surface area contributed by atoms with Gasteiger partial charge in [0, 0.05) is 30.5 Å². The molecule has 2 aromatic rings. The lowest BCUT2D eigenvalue weighted by molar-refractivity contribution is -0.146. The molecule has 8 heteroatoms. The second-order valence-corrected chi connectivity index (χ2v) is 8.08. The van der Waals surface area contributed by atoms with Gasteiger partial charge in [-0.2, -0.15) is 0 Å². The Bertz CT molecular complexity index is 958. The lowest BCUT2D eigenvalue weighted by atomic mass is 9.92. The summed E-state index contributed by atoms with van der Waals surface area (Å²) in [6, 6.07) is 14.3. The van der Waals surface area contributed by atoms with Crippen molar-refractivity contribution in [3.05, 3.63) is 82.1 Å². The molecule has 2 atom stereocenters. The van der Waals surface area contributed by atoms with Crippen molar-refractivity contribution < 1.29 is 28.9 Å². The molecule has 3 rings (SSSR count). The van der Waals surface area contributed by atoms with Crippen LogP contribution in [0, 0.1) is 0 Å². The number of amides is 1. The first-order valence-electron chi connectivity index (χ1n) is 10.8. The molecule has 1 aliphatic rings. The number of methoxy groups -OCH3 is 1. The van der Waals surface area contributed by atoms with Crippen molar-refractivity contribution in [1.82, 2.24) is 5.32 Å². The Morgan fingerprint density at radius 3 is 2.52 bits per heavy atom. The lowest BCUT2D eigenvalue weighted by Gasteiger charge is -2.29. The van der Waals surface area contributed by atoms with E-state index in [0.29, 0.717) is 43.0 Å². The van der Waals surface area contributed by atoms with Gasteiger partial charge in [0.1, 0.15) is 0 Å². The average molecular weight is 474 g/mol. The van der Waals surface area contributed by atoms with Crippen LogP contribution in [0.5, 0.6) is 0 Å². The van der Waals surface area contributed by atoms with Gasteiger partial charge in [-0.15, -0.1) is 0 Å². The second-order valence-electron chi connectivity index (χ2n) is 7.64. The fourth-order valence-electron chi connectivity index (χ4n) is 3.44. The Morgan fingerprint density at radius 1 is 1.12 bits per heavy atom. The zero-order chi connectivity index (χ0) is 23.6. The van der Waals surface area contributed by atoms with Crippen LogP contribution in [0.2, 0.25) is 5.02 Å². The van der Waals surface area contributed by atoms with Crippen molar-refractivity contribution in [1.29, 1.82) is 0 Å². The Balaban J connectivity index is 1.72. The maximum atomic E-state index is 12.8. The number of carbonyl (C=O) groups excluding carboxylic acids is 2. The number of rotatable bonds is 10. The number of hydrogen-bond acceptors (Lipinski definition) is 6. The van der Waals surface area contributed by atoms with Crippen molar-refractivity contribution in [2.24, 2.45) is 0 Å². The number of nitrogens with one attached hydrogen (secondary N) is 1. The van der Waals surface area contributed by atoms with Gasteiger partial charge in [-0.25, -0.2) is 4.79 Å². The molecule has 0 spiro atoms. The monoisotopic (exact) mass is 473 g/mol. The Kier molecular flexibility index (Phi) is 9.30. The number of esters is 1. The largest absolute Gasteiger partial charge is 0.465 e. The Hall–Kier alpha value is -2.87. The van der Waals surface area contributed by atoms with Gasteiger partial charge >= 0.3 is 5.97 Å². The highest BCUT2D eigenvalue weighted by molar-refractivity contribution is 6.30. The predicted molar refractivity (Wildman–Crippen MR) is 124 cm³/mol. The smallest absolute Gasteiger partial charge is 0.337 e. The quantitative estimate of drug-likeness (QED) is 0.401. The van der Waals surface area contributed by atoms with E-state index < -0.39 is 12.3 Å². The normalized spacial score (nSPS) is 17.6. The second kappa shape index (κ2) is 12.4. The summed E-state index contributed by atoms with van der Waals surface area (Å²) in [5.74, 6) is -0.699. The van der Waals surface area contributed by atoms with Crippen LogP contribution in [0.4, 0.5) is 0 Å². The van der Waals surface area contributed by atoms with Crippen molar-refractivity contribution >= 4 is 23.5 Å². The molecule has 2 N–H and O–H groups in total. The zero-order valence-electron chi connectivity index (χ0n) is 18.5.